The highest BCUT2D eigenvalue weighted by atomic mass is 16.5. The molecule has 0 amide bonds. The second-order valence-corrected chi connectivity index (χ2v) is 3.98. The summed E-state index contributed by atoms with van der Waals surface area (Å²) in [4.78, 5) is 15.3. The van der Waals surface area contributed by atoms with Crippen LogP contribution in [0.15, 0.2) is 36.2 Å². The summed E-state index contributed by atoms with van der Waals surface area (Å²) in [6, 6.07) is 4.17. The first kappa shape index (κ1) is 14.4. The lowest BCUT2D eigenvalue weighted by molar-refractivity contribution is -0.136. The molecule has 4 heteroatoms. The van der Waals surface area contributed by atoms with Gasteiger partial charge in [-0.1, -0.05) is 13.0 Å². The molecule has 0 spiro atoms. The van der Waals surface area contributed by atoms with Crippen LogP contribution < -0.4 is 5.32 Å². The lowest BCUT2D eigenvalue weighted by atomic mass is 10.1. The highest BCUT2D eigenvalue weighted by Crippen LogP contribution is 2.10. The number of methoxy groups -OCH3 is 1. The van der Waals surface area contributed by atoms with Gasteiger partial charge in [0.1, 0.15) is 0 Å². The van der Waals surface area contributed by atoms with Crippen molar-refractivity contribution < 1.29 is 9.53 Å². The Hall–Kier alpha value is -1.68. The number of rotatable bonds is 6. The minimum atomic E-state index is -0.254. The van der Waals surface area contributed by atoms with E-state index in [1.54, 1.807) is 12.4 Å². The lowest BCUT2D eigenvalue weighted by Crippen LogP contribution is -2.19. The van der Waals surface area contributed by atoms with E-state index < -0.39 is 0 Å². The van der Waals surface area contributed by atoms with Crippen molar-refractivity contribution >= 4 is 5.97 Å². The van der Waals surface area contributed by atoms with Crippen molar-refractivity contribution in [3.63, 3.8) is 0 Å². The summed E-state index contributed by atoms with van der Waals surface area (Å²) < 4.78 is 4.70. The minimum Gasteiger partial charge on any atom is -0.466 e. The first-order valence-corrected chi connectivity index (χ1v) is 6.09. The van der Waals surface area contributed by atoms with Gasteiger partial charge in [0.15, 0.2) is 0 Å². The number of carbonyl (C=O) groups excluding carboxylic acids is 1. The topological polar surface area (TPSA) is 51.2 Å². The Bertz CT molecular complexity index is 402. The average molecular weight is 248 g/mol. The fourth-order valence-corrected chi connectivity index (χ4v) is 1.63. The van der Waals surface area contributed by atoms with Gasteiger partial charge in [0.05, 0.1) is 7.11 Å². The Morgan fingerprint density at radius 3 is 2.72 bits per heavy atom. The third-order valence-corrected chi connectivity index (χ3v) is 2.81. The molecule has 0 saturated heterocycles. The van der Waals surface area contributed by atoms with Crippen LogP contribution in [0.4, 0.5) is 0 Å². The third-order valence-electron chi connectivity index (χ3n) is 2.81. The van der Waals surface area contributed by atoms with Crippen molar-refractivity contribution in [2.75, 3.05) is 13.7 Å². The number of esters is 1. The van der Waals surface area contributed by atoms with Gasteiger partial charge in [0.2, 0.25) is 0 Å². The predicted molar refractivity (Wildman–Crippen MR) is 71.0 cm³/mol. The summed E-state index contributed by atoms with van der Waals surface area (Å²) in [5, 5.41) is 3.33. The number of hydrogen-bond donors (Lipinski definition) is 1. The molecule has 1 rings (SSSR count). The molecular weight excluding hydrogens is 228 g/mol. The van der Waals surface area contributed by atoms with Gasteiger partial charge >= 0.3 is 5.97 Å². The highest BCUT2D eigenvalue weighted by molar-refractivity contribution is 5.88. The van der Waals surface area contributed by atoms with E-state index >= 15 is 0 Å². The van der Waals surface area contributed by atoms with Crippen LogP contribution in [0.1, 0.15) is 31.9 Å². The second-order valence-electron chi connectivity index (χ2n) is 3.98. The second kappa shape index (κ2) is 7.61. The molecule has 0 aliphatic heterocycles. The average Bonchev–Trinajstić information content (AvgIpc) is 2.43. The van der Waals surface area contributed by atoms with Crippen LogP contribution in [-0.4, -0.2) is 24.6 Å². The molecule has 0 unspecified atom stereocenters. The Morgan fingerprint density at radius 1 is 1.50 bits per heavy atom. The molecule has 0 aliphatic rings. The van der Waals surface area contributed by atoms with Gasteiger partial charge in [-0.3, -0.25) is 4.98 Å². The van der Waals surface area contributed by atoms with E-state index in [-0.39, 0.29) is 12.0 Å². The molecule has 0 aliphatic carbocycles. The predicted octanol–water partition coefficient (Wildman–Crippen LogP) is 2.24. The SMILES string of the molecule is CC/C(=C/CN[C@H](C)c1ccncc1)C(=O)OC. The maximum atomic E-state index is 11.4. The van der Waals surface area contributed by atoms with Crippen LogP contribution in [0.25, 0.3) is 0 Å². The summed E-state index contributed by atoms with van der Waals surface area (Å²) in [5.74, 6) is -0.254. The molecule has 0 aromatic carbocycles. The van der Waals surface area contributed by atoms with Crippen molar-refractivity contribution in [1.82, 2.24) is 10.3 Å². The van der Waals surface area contributed by atoms with Gasteiger partial charge in [0.25, 0.3) is 0 Å². The molecular formula is C14H20N2O2. The lowest BCUT2D eigenvalue weighted by Gasteiger charge is -2.12. The van der Waals surface area contributed by atoms with Crippen molar-refractivity contribution in [1.29, 1.82) is 0 Å². The maximum absolute atomic E-state index is 11.4. The van der Waals surface area contributed by atoms with Gasteiger partial charge in [0, 0.05) is 30.6 Å². The van der Waals surface area contributed by atoms with Crippen molar-refractivity contribution in [3.8, 4) is 0 Å². The van der Waals surface area contributed by atoms with E-state index in [9.17, 15) is 4.79 Å². The number of aromatic nitrogens is 1. The summed E-state index contributed by atoms with van der Waals surface area (Å²) in [7, 11) is 1.40. The molecule has 0 saturated carbocycles. The Morgan fingerprint density at radius 2 is 2.17 bits per heavy atom. The van der Waals surface area contributed by atoms with Crippen LogP contribution in [0.3, 0.4) is 0 Å². The zero-order chi connectivity index (χ0) is 13.4. The first-order chi connectivity index (χ1) is 8.69. The number of nitrogens with one attached hydrogen (secondary N) is 1. The summed E-state index contributed by atoms with van der Waals surface area (Å²) >= 11 is 0. The van der Waals surface area contributed by atoms with E-state index in [0.717, 1.165) is 0 Å². The van der Waals surface area contributed by atoms with Crippen LogP contribution >= 0.6 is 0 Å². The fourth-order valence-electron chi connectivity index (χ4n) is 1.63. The molecule has 1 N–H and O–H groups in total. The molecule has 98 valence electrons. The minimum absolute atomic E-state index is 0.222. The molecule has 0 radical (unpaired) electrons. The van der Waals surface area contributed by atoms with Crippen LogP contribution in [-0.2, 0) is 9.53 Å². The first-order valence-electron chi connectivity index (χ1n) is 6.09. The quantitative estimate of drug-likeness (QED) is 0.619. The zero-order valence-electron chi connectivity index (χ0n) is 11.1. The molecule has 1 heterocycles. The van der Waals surface area contributed by atoms with Crippen molar-refractivity contribution in [3.05, 3.63) is 41.7 Å². The van der Waals surface area contributed by atoms with Crippen LogP contribution in [0.5, 0.6) is 0 Å². The van der Waals surface area contributed by atoms with Gasteiger partial charge in [-0.2, -0.15) is 0 Å². The fraction of sp³-hybridized carbons (Fsp3) is 0.429. The van der Waals surface area contributed by atoms with E-state index in [1.165, 1.54) is 12.7 Å². The summed E-state index contributed by atoms with van der Waals surface area (Å²) in [5.41, 5.74) is 1.88. The van der Waals surface area contributed by atoms with Crippen molar-refractivity contribution in [2.24, 2.45) is 0 Å². The van der Waals surface area contributed by atoms with Gasteiger partial charge in [-0.25, -0.2) is 4.79 Å². The number of pyridine rings is 1. The normalized spacial score (nSPS) is 13.2. The zero-order valence-corrected chi connectivity index (χ0v) is 11.1. The number of hydrogen-bond acceptors (Lipinski definition) is 4. The molecule has 18 heavy (non-hydrogen) atoms. The van der Waals surface area contributed by atoms with E-state index in [0.29, 0.717) is 18.5 Å². The van der Waals surface area contributed by atoms with Crippen LogP contribution in [0.2, 0.25) is 0 Å². The van der Waals surface area contributed by atoms with E-state index in [1.807, 2.05) is 25.1 Å². The number of ether oxygens (including phenoxy) is 1. The maximum Gasteiger partial charge on any atom is 0.333 e. The van der Waals surface area contributed by atoms with Gasteiger partial charge in [-0.15, -0.1) is 0 Å². The van der Waals surface area contributed by atoms with Gasteiger partial charge in [-0.05, 0) is 31.0 Å². The number of nitrogens with zero attached hydrogens (tertiary/aromatic N) is 1. The Kier molecular flexibility index (Phi) is 6.08. The van der Waals surface area contributed by atoms with Crippen molar-refractivity contribution in [2.45, 2.75) is 26.3 Å². The monoisotopic (exact) mass is 248 g/mol. The molecule has 4 nitrogen and oxygen atoms in total. The number of carbonyl (C=O) groups is 1. The van der Waals surface area contributed by atoms with E-state index in [4.69, 9.17) is 4.74 Å². The molecule has 1 aromatic rings. The Balaban J connectivity index is 2.50. The largest absolute Gasteiger partial charge is 0.466 e. The molecule has 0 fully saturated rings. The molecule has 1 aromatic heterocycles. The molecule has 0 bridgehead atoms. The third kappa shape index (κ3) is 4.30. The van der Waals surface area contributed by atoms with Gasteiger partial charge < -0.3 is 10.1 Å². The Labute approximate surface area is 108 Å². The standard InChI is InChI=1S/C14H20N2O2/c1-4-12(14(17)18-3)7-10-16-11(2)13-5-8-15-9-6-13/h5-9,11,16H,4,10H2,1-3H3/b12-7-/t11-/m1/s1. The van der Waals surface area contributed by atoms with Crippen LogP contribution in [0, 0.1) is 0 Å². The highest BCUT2D eigenvalue weighted by Gasteiger charge is 2.07. The molecule has 1 atom stereocenters. The summed E-state index contributed by atoms with van der Waals surface area (Å²) in [6.45, 7) is 4.66. The van der Waals surface area contributed by atoms with E-state index in [2.05, 4.69) is 17.2 Å². The summed E-state index contributed by atoms with van der Waals surface area (Å²) in [6.07, 6.45) is 6.10. The smallest absolute Gasteiger partial charge is 0.333 e.